The molecule has 0 unspecified atom stereocenters. The van der Waals surface area contributed by atoms with Gasteiger partial charge in [0.25, 0.3) is 5.91 Å². The van der Waals surface area contributed by atoms with Crippen molar-refractivity contribution in [1.29, 1.82) is 0 Å². The second kappa shape index (κ2) is 7.79. The molecule has 1 aromatic heterocycles. The summed E-state index contributed by atoms with van der Waals surface area (Å²) >= 11 is 1.64. The van der Waals surface area contributed by atoms with Crippen molar-refractivity contribution < 1.29 is 19.1 Å². The second-order valence-electron chi connectivity index (χ2n) is 5.35. The zero-order valence-corrected chi connectivity index (χ0v) is 14.7. The number of phenols is 1. The van der Waals surface area contributed by atoms with Gasteiger partial charge in [0.05, 0.1) is 0 Å². The van der Waals surface area contributed by atoms with Crippen molar-refractivity contribution in [2.45, 2.75) is 4.90 Å². The number of thioether (sulfide) groups is 1. The van der Waals surface area contributed by atoms with E-state index < -0.39 is 11.8 Å². The Kier molecular flexibility index (Phi) is 5.28. The number of nitrogens with one attached hydrogen (secondary N) is 2. The van der Waals surface area contributed by atoms with Crippen molar-refractivity contribution in [3.05, 3.63) is 72.0 Å². The van der Waals surface area contributed by atoms with Gasteiger partial charge in [0, 0.05) is 16.0 Å². The van der Waals surface area contributed by atoms with E-state index in [1.807, 2.05) is 30.5 Å². The van der Waals surface area contributed by atoms with Gasteiger partial charge in [-0.3, -0.25) is 20.4 Å². The lowest BCUT2D eigenvalue weighted by atomic mass is 10.2. The summed E-state index contributed by atoms with van der Waals surface area (Å²) in [5.74, 6) is -0.367. The normalized spacial score (nSPS) is 10.3. The van der Waals surface area contributed by atoms with Gasteiger partial charge in [-0.2, -0.15) is 0 Å². The first-order chi connectivity index (χ1) is 12.6. The molecule has 3 rings (SSSR count). The highest BCUT2D eigenvalue weighted by Crippen LogP contribution is 2.24. The van der Waals surface area contributed by atoms with Crippen molar-refractivity contribution >= 4 is 23.6 Å². The number of carbonyl (C=O) groups excluding carboxylic acids is 2. The fourth-order valence-electron chi connectivity index (χ4n) is 2.23. The molecule has 2 amide bonds. The number of hydrazine groups is 1. The van der Waals surface area contributed by atoms with Crippen LogP contribution in [-0.2, 0) is 0 Å². The lowest BCUT2D eigenvalue weighted by Gasteiger charge is -2.06. The van der Waals surface area contributed by atoms with Gasteiger partial charge in [-0.05, 0) is 54.8 Å². The topological polar surface area (TPSA) is 91.6 Å². The number of phenolic OH excluding ortho intramolecular Hbond substituents is 1. The molecule has 1 heterocycles. The van der Waals surface area contributed by atoms with Gasteiger partial charge in [-0.1, -0.05) is 12.1 Å². The van der Waals surface area contributed by atoms with Gasteiger partial charge in [-0.15, -0.1) is 11.8 Å². The number of carbonyl (C=O) groups is 2. The molecule has 0 aliphatic carbocycles. The van der Waals surface area contributed by atoms with Crippen LogP contribution in [0.25, 0.3) is 11.3 Å². The minimum atomic E-state index is -0.566. The van der Waals surface area contributed by atoms with Crippen molar-refractivity contribution in [3.63, 3.8) is 0 Å². The molecular formula is C19H16N2O4S. The summed E-state index contributed by atoms with van der Waals surface area (Å²) in [6, 6.07) is 16.7. The summed E-state index contributed by atoms with van der Waals surface area (Å²) in [7, 11) is 0. The van der Waals surface area contributed by atoms with E-state index in [4.69, 9.17) is 4.42 Å². The number of furan rings is 1. The Labute approximate surface area is 154 Å². The SMILES string of the molecule is CSc1ccc(-c2ccc(C(=O)NNC(=O)c3ccc(O)cc3)o2)cc1. The molecule has 0 aliphatic heterocycles. The van der Waals surface area contributed by atoms with Crippen LogP contribution in [0.5, 0.6) is 5.75 Å². The monoisotopic (exact) mass is 368 g/mol. The van der Waals surface area contributed by atoms with E-state index in [0.29, 0.717) is 11.3 Å². The fraction of sp³-hybridized carbons (Fsp3) is 0.0526. The van der Waals surface area contributed by atoms with Crippen LogP contribution >= 0.6 is 11.8 Å². The maximum atomic E-state index is 12.1. The highest BCUT2D eigenvalue weighted by atomic mass is 32.2. The van der Waals surface area contributed by atoms with Crippen LogP contribution in [-0.4, -0.2) is 23.2 Å². The van der Waals surface area contributed by atoms with Crippen LogP contribution in [0, 0.1) is 0 Å². The predicted molar refractivity (Wildman–Crippen MR) is 99.0 cm³/mol. The van der Waals surface area contributed by atoms with E-state index in [9.17, 15) is 14.7 Å². The number of hydrogen-bond acceptors (Lipinski definition) is 5. The first kappa shape index (κ1) is 17.6. The maximum absolute atomic E-state index is 12.1. The van der Waals surface area contributed by atoms with E-state index in [0.717, 1.165) is 10.5 Å². The Hall–Kier alpha value is -3.19. The molecule has 0 radical (unpaired) electrons. The van der Waals surface area contributed by atoms with Gasteiger partial charge >= 0.3 is 5.91 Å². The molecule has 132 valence electrons. The molecule has 0 saturated carbocycles. The number of amides is 2. The summed E-state index contributed by atoms with van der Waals surface area (Å²) < 4.78 is 5.56. The molecule has 6 nitrogen and oxygen atoms in total. The molecule has 0 saturated heterocycles. The molecule has 3 N–H and O–H groups in total. The second-order valence-corrected chi connectivity index (χ2v) is 6.23. The zero-order chi connectivity index (χ0) is 18.5. The molecular weight excluding hydrogens is 352 g/mol. The van der Waals surface area contributed by atoms with Crippen LogP contribution in [0.2, 0.25) is 0 Å². The lowest BCUT2D eigenvalue weighted by Crippen LogP contribution is -2.41. The van der Waals surface area contributed by atoms with Crippen molar-refractivity contribution in [2.24, 2.45) is 0 Å². The number of rotatable bonds is 4. The predicted octanol–water partition coefficient (Wildman–Crippen LogP) is 3.45. The third-order valence-electron chi connectivity index (χ3n) is 3.62. The standard InChI is InChI=1S/C19H16N2O4S/c1-26-15-8-4-12(5-9-15)16-10-11-17(25-16)19(24)21-20-18(23)13-2-6-14(22)7-3-13/h2-11,22H,1H3,(H,20,23)(H,21,24). The first-order valence-corrected chi connectivity index (χ1v) is 8.93. The van der Waals surface area contributed by atoms with E-state index in [2.05, 4.69) is 10.9 Å². The van der Waals surface area contributed by atoms with Crippen LogP contribution in [0.3, 0.4) is 0 Å². The van der Waals surface area contributed by atoms with E-state index in [1.165, 1.54) is 24.3 Å². The summed E-state index contributed by atoms with van der Waals surface area (Å²) in [5, 5.41) is 9.22. The molecule has 0 aliphatic rings. The third kappa shape index (κ3) is 4.07. The largest absolute Gasteiger partial charge is 0.508 e. The minimum absolute atomic E-state index is 0.0549. The van der Waals surface area contributed by atoms with Crippen LogP contribution in [0.1, 0.15) is 20.9 Å². The Morgan fingerprint density at radius 2 is 1.54 bits per heavy atom. The number of hydrogen-bond donors (Lipinski definition) is 3. The quantitative estimate of drug-likeness (QED) is 0.485. The molecule has 3 aromatic rings. The summed E-state index contributed by atoms with van der Waals surface area (Å²) in [5.41, 5.74) is 5.75. The molecule has 2 aromatic carbocycles. The molecule has 0 bridgehead atoms. The fourth-order valence-corrected chi connectivity index (χ4v) is 2.64. The zero-order valence-electron chi connectivity index (χ0n) is 13.9. The molecule has 7 heteroatoms. The van der Waals surface area contributed by atoms with Crippen molar-refractivity contribution in [1.82, 2.24) is 10.9 Å². The maximum Gasteiger partial charge on any atom is 0.305 e. The average Bonchev–Trinajstić information content (AvgIpc) is 3.17. The van der Waals surface area contributed by atoms with Gasteiger partial charge in [0.15, 0.2) is 5.76 Å². The Morgan fingerprint density at radius 1 is 0.885 bits per heavy atom. The third-order valence-corrected chi connectivity index (χ3v) is 4.37. The van der Waals surface area contributed by atoms with Gasteiger partial charge < -0.3 is 9.52 Å². The molecule has 0 atom stereocenters. The average molecular weight is 368 g/mol. The minimum Gasteiger partial charge on any atom is -0.508 e. The van der Waals surface area contributed by atoms with Crippen LogP contribution in [0.15, 0.2) is 70.0 Å². The van der Waals surface area contributed by atoms with Crippen LogP contribution in [0.4, 0.5) is 0 Å². The molecule has 0 spiro atoms. The summed E-state index contributed by atoms with van der Waals surface area (Å²) in [4.78, 5) is 25.2. The summed E-state index contributed by atoms with van der Waals surface area (Å²) in [6.45, 7) is 0. The van der Waals surface area contributed by atoms with Crippen LogP contribution < -0.4 is 10.9 Å². The highest BCUT2D eigenvalue weighted by molar-refractivity contribution is 7.98. The van der Waals surface area contributed by atoms with Gasteiger partial charge in [0.1, 0.15) is 11.5 Å². The lowest BCUT2D eigenvalue weighted by molar-refractivity contribution is 0.0831. The molecule has 26 heavy (non-hydrogen) atoms. The first-order valence-electron chi connectivity index (χ1n) is 7.71. The van der Waals surface area contributed by atoms with E-state index in [-0.39, 0.29) is 11.5 Å². The van der Waals surface area contributed by atoms with E-state index in [1.54, 1.807) is 23.9 Å². The van der Waals surface area contributed by atoms with Gasteiger partial charge in [0.2, 0.25) is 0 Å². The highest BCUT2D eigenvalue weighted by Gasteiger charge is 2.14. The Morgan fingerprint density at radius 3 is 2.19 bits per heavy atom. The van der Waals surface area contributed by atoms with E-state index >= 15 is 0 Å². The Balaban J connectivity index is 1.62. The number of benzene rings is 2. The van der Waals surface area contributed by atoms with Crippen molar-refractivity contribution in [3.8, 4) is 17.1 Å². The van der Waals surface area contributed by atoms with Crippen molar-refractivity contribution in [2.75, 3.05) is 6.26 Å². The van der Waals surface area contributed by atoms with Gasteiger partial charge in [-0.25, -0.2) is 0 Å². The number of aromatic hydroxyl groups is 1. The smallest absolute Gasteiger partial charge is 0.305 e. The Bertz CT molecular complexity index is 917. The molecule has 0 fully saturated rings. The summed E-state index contributed by atoms with van der Waals surface area (Å²) in [6.07, 6.45) is 2.00.